The van der Waals surface area contributed by atoms with Crippen molar-refractivity contribution in [1.82, 2.24) is 5.32 Å². The second-order valence-corrected chi connectivity index (χ2v) is 4.70. The Morgan fingerprint density at radius 2 is 2.29 bits per heavy atom. The molecule has 0 spiro atoms. The van der Waals surface area contributed by atoms with Crippen LogP contribution in [0.2, 0.25) is 0 Å². The monoisotopic (exact) mass is 236 g/mol. The first-order valence-electron chi connectivity index (χ1n) is 5.86. The number of benzene rings is 1. The first-order chi connectivity index (χ1) is 8.06. The maximum atomic E-state index is 13.1. The molecule has 1 amide bonds. The number of carbonyl (C=O) groups excluding carboxylic acids is 1. The van der Waals surface area contributed by atoms with Crippen LogP contribution in [-0.4, -0.2) is 18.5 Å². The molecule has 1 aliphatic rings. The van der Waals surface area contributed by atoms with Gasteiger partial charge in [0.15, 0.2) is 0 Å². The molecule has 1 aromatic carbocycles. The first-order valence-corrected chi connectivity index (χ1v) is 5.86. The van der Waals surface area contributed by atoms with Crippen molar-refractivity contribution >= 4 is 11.6 Å². The molecule has 0 aromatic heterocycles. The van der Waals surface area contributed by atoms with E-state index in [2.05, 4.69) is 17.6 Å². The van der Waals surface area contributed by atoms with Crippen LogP contribution in [0.3, 0.4) is 0 Å². The van der Waals surface area contributed by atoms with Gasteiger partial charge in [-0.1, -0.05) is 0 Å². The SMILES string of the molecule is Cc1cc(NC(=O)C2CNC(C)C2)ccc1F. The van der Waals surface area contributed by atoms with Crippen LogP contribution in [0.25, 0.3) is 0 Å². The first kappa shape index (κ1) is 12.0. The number of hydrogen-bond acceptors (Lipinski definition) is 2. The van der Waals surface area contributed by atoms with E-state index in [9.17, 15) is 9.18 Å². The van der Waals surface area contributed by atoms with Crippen LogP contribution >= 0.6 is 0 Å². The summed E-state index contributed by atoms with van der Waals surface area (Å²) >= 11 is 0. The Hall–Kier alpha value is -1.42. The molecule has 1 saturated heterocycles. The molecule has 2 rings (SSSR count). The molecule has 17 heavy (non-hydrogen) atoms. The van der Waals surface area contributed by atoms with Crippen LogP contribution in [-0.2, 0) is 4.79 Å². The minimum Gasteiger partial charge on any atom is -0.326 e. The van der Waals surface area contributed by atoms with Gasteiger partial charge in [0, 0.05) is 18.3 Å². The van der Waals surface area contributed by atoms with E-state index in [0.717, 1.165) is 6.42 Å². The van der Waals surface area contributed by atoms with Crippen LogP contribution in [0, 0.1) is 18.7 Å². The van der Waals surface area contributed by atoms with Gasteiger partial charge in [-0.15, -0.1) is 0 Å². The van der Waals surface area contributed by atoms with E-state index in [1.54, 1.807) is 19.1 Å². The van der Waals surface area contributed by atoms with Gasteiger partial charge in [-0.25, -0.2) is 4.39 Å². The molecule has 92 valence electrons. The third-order valence-corrected chi connectivity index (χ3v) is 3.15. The summed E-state index contributed by atoms with van der Waals surface area (Å²) in [6.07, 6.45) is 0.853. The summed E-state index contributed by atoms with van der Waals surface area (Å²) in [6.45, 7) is 4.46. The minimum absolute atomic E-state index is 0.00728. The number of rotatable bonds is 2. The Balaban J connectivity index is 2.00. The number of amides is 1. The number of halogens is 1. The number of nitrogens with one attached hydrogen (secondary N) is 2. The van der Waals surface area contributed by atoms with Crippen molar-refractivity contribution in [2.75, 3.05) is 11.9 Å². The second kappa shape index (κ2) is 4.84. The molecule has 2 N–H and O–H groups in total. The third kappa shape index (κ3) is 2.82. The molecule has 1 aliphatic heterocycles. The topological polar surface area (TPSA) is 41.1 Å². The molecule has 1 fully saturated rings. The highest BCUT2D eigenvalue weighted by Crippen LogP contribution is 2.18. The summed E-state index contributed by atoms with van der Waals surface area (Å²) in [4.78, 5) is 11.9. The van der Waals surface area contributed by atoms with E-state index in [1.165, 1.54) is 6.07 Å². The zero-order chi connectivity index (χ0) is 12.4. The Kier molecular flexibility index (Phi) is 3.43. The summed E-state index contributed by atoms with van der Waals surface area (Å²) < 4.78 is 13.1. The quantitative estimate of drug-likeness (QED) is 0.825. The predicted octanol–water partition coefficient (Wildman–Crippen LogP) is 2.07. The van der Waals surface area contributed by atoms with Crippen molar-refractivity contribution < 1.29 is 9.18 Å². The lowest BCUT2D eigenvalue weighted by Gasteiger charge is -2.10. The average Bonchev–Trinajstić information content (AvgIpc) is 2.70. The normalized spacial score (nSPS) is 23.7. The van der Waals surface area contributed by atoms with Crippen molar-refractivity contribution in [3.05, 3.63) is 29.6 Å². The largest absolute Gasteiger partial charge is 0.326 e. The summed E-state index contributed by atoms with van der Waals surface area (Å²) in [5.41, 5.74) is 1.20. The van der Waals surface area contributed by atoms with Gasteiger partial charge in [0.1, 0.15) is 5.82 Å². The van der Waals surface area contributed by atoms with Gasteiger partial charge in [0.25, 0.3) is 0 Å². The van der Waals surface area contributed by atoms with Crippen molar-refractivity contribution in [2.24, 2.45) is 5.92 Å². The van der Waals surface area contributed by atoms with Gasteiger partial charge in [-0.05, 0) is 44.0 Å². The van der Waals surface area contributed by atoms with E-state index >= 15 is 0 Å². The lowest BCUT2D eigenvalue weighted by atomic mass is 10.1. The molecule has 4 heteroatoms. The fourth-order valence-electron chi connectivity index (χ4n) is 2.10. The van der Waals surface area contributed by atoms with E-state index in [4.69, 9.17) is 0 Å². The second-order valence-electron chi connectivity index (χ2n) is 4.70. The Bertz CT molecular complexity index is 433. The summed E-state index contributed by atoms with van der Waals surface area (Å²) in [5.74, 6) is -0.234. The molecule has 3 nitrogen and oxygen atoms in total. The molecule has 2 atom stereocenters. The molecule has 1 aromatic rings. The predicted molar refractivity (Wildman–Crippen MR) is 65.3 cm³/mol. The number of aryl methyl sites for hydroxylation is 1. The Morgan fingerprint density at radius 3 is 2.88 bits per heavy atom. The van der Waals surface area contributed by atoms with E-state index in [-0.39, 0.29) is 17.6 Å². The zero-order valence-corrected chi connectivity index (χ0v) is 10.1. The van der Waals surface area contributed by atoms with Crippen molar-refractivity contribution in [3.8, 4) is 0 Å². The van der Waals surface area contributed by atoms with Crippen LogP contribution in [0.15, 0.2) is 18.2 Å². The standard InChI is InChI=1S/C13H17FN2O/c1-8-5-11(3-4-12(8)14)16-13(17)10-6-9(2)15-7-10/h3-5,9-10,15H,6-7H2,1-2H3,(H,16,17). The number of carbonyl (C=O) groups is 1. The molecular weight excluding hydrogens is 219 g/mol. The molecule has 0 aliphatic carbocycles. The Morgan fingerprint density at radius 1 is 1.53 bits per heavy atom. The van der Waals surface area contributed by atoms with Crippen molar-refractivity contribution in [3.63, 3.8) is 0 Å². The number of hydrogen-bond donors (Lipinski definition) is 2. The van der Waals surface area contributed by atoms with Crippen molar-refractivity contribution in [2.45, 2.75) is 26.3 Å². The van der Waals surface area contributed by atoms with Gasteiger partial charge in [-0.3, -0.25) is 4.79 Å². The van der Waals surface area contributed by atoms with E-state index in [1.807, 2.05) is 0 Å². The third-order valence-electron chi connectivity index (χ3n) is 3.15. The summed E-state index contributed by atoms with van der Waals surface area (Å²) in [5, 5.41) is 6.06. The van der Waals surface area contributed by atoms with E-state index in [0.29, 0.717) is 23.8 Å². The maximum absolute atomic E-state index is 13.1. The van der Waals surface area contributed by atoms with Gasteiger partial charge in [0.05, 0.1) is 5.92 Å². The highest BCUT2D eigenvalue weighted by molar-refractivity contribution is 5.93. The van der Waals surface area contributed by atoms with Gasteiger partial charge in [-0.2, -0.15) is 0 Å². The summed E-state index contributed by atoms with van der Waals surface area (Å²) in [7, 11) is 0. The molecule has 1 heterocycles. The fraction of sp³-hybridized carbons (Fsp3) is 0.462. The molecule has 2 unspecified atom stereocenters. The van der Waals surface area contributed by atoms with Crippen LogP contribution in [0.1, 0.15) is 18.9 Å². The highest BCUT2D eigenvalue weighted by atomic mass is 19.1. The lowest BCUT2D eigenvalue weighted by Crippen LogP contribution is -2.24. The van der Waals surface area contributed by atoms with Gasteiger partial charge in [0.2, 0.25) is 5.91 Å². The van der Waals surface area contributed by atoms with Gasteiger partial charge >= 0.3 is 0 Å². The smallest absolute Gasteiger partial charge is 0.228 e. The molecule has 0 saturated carbocycles. The molecular formula is C13H17FN2O. The highest BCUT2D eigenvalue weighted by Gasteiger charge is 2.26. The maximum Gasteiger partial charge on any atom is 0.228 e. The van der Waals surface area contributed by atoms with Crippen LogP contribution in [0.5, 0.6) is 0 Å². The van der Waals surface area contributed by atoms with Crippen molar-refractivity contribution in [1.29, 1.82) is 0 Å². The summed E-state index contributed by atoms with van der Waals surface area (Å²) in [6, 6.07) is 5.01. The molecule has 0 bridgehead atoms. The van der Waals surface area contributed by atoms with Gasteiger partial charge < -0.3 is 10.6 Å². The zero-order valence-electron chi connectivity index (χ0n) is 10.1. The number of anilines is 1. The lowest BCUT2D eigenvalue weighted by molar-refractivity contribution is -0.119. The van der Waals surface area contributed by atoms with E-state index < -0.39 is 0 Å². The minimum atomic E-state index is -0.251. The Labute approximate surface area is 100 Å². The average molecular weight is 236 g/mol. The van der Waals surface area contributed by atoms with Crippen LogP contribution < -0.4 is 10.6 Å². The van der Waals surface area contributed by atoms with Crippen LogP contribution in [0.4, 0.5) is 10.1 Å². The molecule has 0 radical (unpaired) electrons. The fourth-order valence-corrected chi connectivity index (χ4v) is 2.10.